The van der Waals surface area contributed by atoms with Gasteiger partial charge in [0.15, 0.2) is 5.69 Å². The molecule has 184 valence electrons. The summed E-state index contributed by atoms with van der Waals surface area (Å²) >= 11 is 0. The Kier molecular flexibility index (Phi) is 6.49. The molecule has 0 aliphatic carbocycles. The first-order chi connectivity index (χ1) is 17.8. The fraction of sp³-hybridized carbons (Fsp3) is 0.345. The van der Waals surface area contributed by atoms with Gasteiger partial charge in [0, 0.05) is 68.5 Å². The molecule has 0 spiro atoms. The first-order valence-corrected chi connectivity index (χ1v) is 12.8. The smallest absolute Gasteiger partial charge is 0.274 e. The summed E-state index contributed by atoms with van der Waals surface area (Å²) in [5.74, 6) is 0.0317. The maximum Gasteiger partial charge on any atom is 0.274 e. The molecule has 2 aliphatic heterocycles. The molecule has 0 unspecified atom stereocenters. The molecule has 2 aromatic heterocycles. The quantitative estimate of drug-likeness (QED) is 0.420. The van der Waals surface area contributed by atoms with Crippen molar-refractivity contribution in [3.8, 4) is 0 Å². The lowest BCUT2D eigenvalue weighted by Gasteiger charge is -2.29. The Hall–Kier alpha value is -3.55. The molecule has 4 heterocycles. The van der Waals surface area contributed by atoms with Gasteiger partial charge in [0.2, 0.25) is 0 Å². The van der Waals surface area contributed by atoms with Gasteiger partial charge < -0.3 is 9.64 Å². The number of aryl methyl sites for hydroxylation is 2. The highest BCUT2D eigenvalue weighted by Gasteiger charge is 2.31. The largest absolute Gasteiger partial charge is 0.378 e. The molecule has 0 saturated carbocycles. The zero-order valence-electron chi connectivity index (χ0n) is 20.5. The van der Waals surface area contributed by atoms with Gasteiger partial charge in [-0.2, -0.15) is 5.10 Å². The van der Waals surface area contributed by atoms with Gasteiger partial charge in [-0.1, -0.05) is 48.5 Å². The number of aromatic nitrogens is 3. The zero-order chi connectivity index (χ0) is 24.3. The molecule has 4 aromatic rings. The molecule has 0 N–H and O–H groups in total. The number of carbonyl (C=O) groups is 1. The highest BCUT2D eigenvalue weighted by molar-refractivity contribution is 5.94. The SMILES string of the molecule is O=C(c1nn(CCc2ccccc2)c2c1CN(Cc1ccnc3ccccc13)CC2)N1CCOCC1. The van der Waals surface area contributed by atoms with Gasteiger partial charge in [0.1, 0.15) is 0 Å². The summed E-state index contributed by atoms with van der Waals surface area (Å²) in [7, 11) is 0. The van der Waals surface area contributed by atoms with Gasteiger partial charge in [0.25, 0.3) is 5.91 Å². The third-order valence-electron chi connectivity index (χ3n) is 7.30. The number of pyridine rings is 1. The molecule has 7 heteroatoms. The van der Waals surface area contributed by atoms with Crippen molar-refractivity contribution in [2.45, 2.75) is 32.5 Å². The summed E-state index contributed by atoms with van der Waals surface area (Å²) < 4.78 is 7.57. The minimum absolute atomic E-state index is 0.0317. The average molecular weight is 482 g/mol. The molecule has 0 atom stereocenters. The van der Waals surface area contributed by atoms with Gasteiger partial charge in [0.05, 0.1) is 18.7 Å². The highest BCUT2D eigenvalue weighted by Crippen LogP contribution is 2.27. The molecule has 1 amide bonds. The summed E-state index contributed by atoms with van der Waals surface area (Å²) in [6, 6.07) is 20.9. The van der Waals surface area contributed by atoms with Crippen LogP contribution in [0, 0.1) is 0 Å². The standard InChI is InChI=1S/C29H31N5O2/c35-29(33-16-18-36-19-17-33)28-25-21-32(20-23-10-13-30-26-9-5-4-8-24(23)26)14-12-27(25)34(31-28)15-11-22-6-2-1-3-7-22/h1-10,13H,11-12,14-21H2. The number of carbonyl (C=O) groups excluding carboxylic acids is 1. The molecular formula is C29H31N5O2. The van der Waals surface area contributed by atoms with E-state index in [0.717, 1.165) is 50.1 Å². The monoisotopic (exact) mass is 481 g/mol. The maximum absolute atomic E-state index is 13.6. The fourth-order valence-corrected chi connectivity index (χ4v) is 5.37. The third-order valence-corrected chi connectivity index (χ3v) is 7.30. The summed E-state index contributed by atoms with van der Waals surface area (Å²) in [5, 5.41) is 6.11. The number of amides is 1. The highest BCUT2D eigenvalue weighted by atomic mass is 16.5. The van der Waals surface area contributed by atoms with Crippen LogP contribution in [0.5, 0.6) is 0 Å². The van der Waals surface area contributed by atoms with E-state index in [1.807, 2.05) is 23.2 Å². The predicted molar refractivity (Wildman–Crippen MR) is 139 cm³/mol. The Bertz CT molecular complexity index is 1360. The summed E-state index contributed by atoms with van der Waals surface area (Å²) in [6.45, 7) is 5.68. The van der Waals surface area contributed by atoms with Crippen LogP contribution in [-0.2, 0) is 37.2 Å². The van der Waals surface area contributed by atoms with E-state index in [9.17, 15) is 4.79 Å². The summed E-state index contributed by atoms with van der Waals surface area (Å²) in [6.07, 6.45) is 3.67. The van der Waals surface area contributed by atoms with Crippen molar-refractivity contribution in [2.75, 3.05) is 32.8 Å². The van der Waals surface area contributed by atoms with Gasteiger partial charge in [-0.3, -0.25) is 19.4 Å². The topological polar surface area (TPSA) is 63.5 Å². The Morgan fingerprint density at radius 3 is 2.61 bits per heavy atom. The van der Waals surface area contributed by atoms with E-state index in [1.54, 1.807) is 0 Å². The van der Waals surface area contributed by atoms with Crippen molar-refractivity contribution in [1.29, 1.82) is 0 Å². The second-order valence-electron chi connectivity index (χ2n) is 9.59. The van der Waals surface area contributed by atoms with Crippen LogP contribution in [0.3, 0.4) is 0 Å². The van der Waals surface area contributed by atoms with E-state index in [4.69, 9.17) is 9.84 Å². The van der Waals surface area contributed by atoms with E-state index < -0.39 is 0 Å². The van der Waals surface area contributed by atoms with Crippen molar-refractivity contribution in [3.05, 3.63) is 94.9 Å². The van der Waals surface area contributed by atoms with Crippen molar-refractivity contribution >= 4 is 16.8 Å². The van der Waals surface area contributed by atoms with E-state index in [-0.39, 0.29) is 5.91 Å². The lowest BCUT2D eigenvalue weighted by molar-refractivity contribution is 0.0297. The molecule has 6 rings (SSSR count). The van der Waals surface area contributed by atoms with Gasteiger partial charge in [-0.05, 0) is 29.7 Å². The van der Waals surface area contributed by atoms with Crippen molar-refractivity contribution in [3.63, 3.8) is 0 Å². The molecule has 2 aliphatic rings. The number of morpholine rings is 1. The number of rotatable bonds is 6. The van der Waals surface area contributed by atoms with Gasteiger partial charge in [-0.15, -0.1) is 0 Å². The Morgan fingerprint density at radius 1 is 0.944 bits per heavy atom. The molecular weight excluding hydrogens is 450 g/mol. The van der Waals surface area contributed by atoms with Crippen LogP contribution >= 0.6 is 0 Å². The summed E-state index contributed by atoms with van der Waals surface area (Å²) in [5.41, 5.74) is 6.47. The minimum Gasteiger partial charge on any atom is -0.378 e. The number of para-hydroxylation sites is 1. The van der Waals surface area contributed by atoms with E-state index in [0.29, 0.717) is 32.0 Å². The van der Waals surface area contributed by atoms with Crippen LogP contribution in [-0.4, -0.2) is 63.3 Å². The molecule has 36 heavy (non-hydrogen) atoms. The molecule has 1 fully saturated rings. The van der Waals surface area contributed by atoms with Crippen LogP contribution in [0.2, 0.25) is 0 Å². The average Bonchev–Trinajstić information content (AvgIpc) is 3.30. The normalized spacial score (nSPS) is 16.3. The minimum atomic E-state index is 0.0317. The second kappa shape index (κ2) is 10.2. The lowest BCUT2D eigenvalue weighted by Crippen LogP contribution is -2.41. The Morgan fingerprint density at radius 2 is 1.75 bits per heavy atom. The number of benzene rings is 2. The second-order valence-corrected chi connectivity index (χ2v) is 9.59. The number of nitrogens with zero attached hydrogens (tertiary/aromatic N) is 5. The van der Waals surface area contributed by atoms with E-state index in [2.05, 4.69) is 63.1 Å². The molecule has 0 radical (unpaired) electrons. The van der Waals surface area contributed by atoms with Crippen LogP contribution in [0.4, 0.5) is 0 Å². The van der Waals surface area contributed by atoms with Crippen molar-refractivity contribution in [2.24, 2.45) is 0 Å². The van der Waals surface area contributed by atoms with Crippen LogP contribution in [0.15, 0.2) is 66.9 Å². The first kappa shape index (κ1) is 22.9. The van der Waals surface area contributed by atoms with Gasteiger partial charge >= 0.3 is 0 Å². The fourth-order valence-electron chi connectivity index (χ4n) is 5.37. The third kappa shape index (κ3) is 4.64. The Balaban J connectivity index is 1.28. The van der Waals surface area contributed by atoms with Gasteiger partial charge in [-0.25, -0.2) is 0 Å². The predicted octanol–water partition coefficient (Wildman–Crippen LogP) is 3.70. The van der Waals surface area contributed by atoms with Crippen LogP contribution in [0.1, 0.15) is 32.9 Å². The number of hydrogen-bond donors (Lipinski definition) is 0. The first-order valence-electron chi connectivity index (χ1n) is 12.8. The number of fused-ring (bicyclic) bond motifs is 2. The van der Waals surface area contributed by atoms with E-state index in [1.165, 1.54) is 22.2 Å². The number of hydrogen-bond acceptors (Lipinski definition) is 5. The van der Waals surface area contributed by atoms with Crippen molar-refractivity contribution in [1.82, 2.24) is 24.6 Å². The van der Waals surface area contributed by atoms with E-state index >= 15 is 0 Å². The summed E-state index contributed by atoms with van der Waals surface area (Å²) in [4.78, 5) is 22.4. The Labute approximate surface area is 211 Å². The molecule has 0 bridgehead atoms. The van der Waals surface area contributed by atoms with Crippen LogP contribution < -0.4 is 0 Å². The molecule has 2 aromatic carbocycles. The lowest BCUT2D eigenvalue weighted by atomic mass is 10.0. The number of ether oxygens (including phenoxy) is 1. The zero-order valence-corrected chi connectivity index (χ0v) is 20.5. The maximum atomic E-state index is 13.6. The van der Waals surface area contributed by atoms with Crippen molar-refractivity contribution < 1.29 is 9.53 Å². The van der Waals surface area contributed by atoms with Crippen LogP contribution in [0.25, 0.3) is 10.9 Å². The molecule has 1 saturated heterocycles. The molecule has 7 nitrogen and oxygen atoms in total.